The van der Waals surface area contributed by atoms with Crippen molar-refractivity contribution < 1.29 is 4.74 Å². The van der Waals surface area contributed by atoms with E-state index in [9.17, 15) is 0 Å². The molecule has 0 aliphatic carbocycles. The number of nitrogens with one attached hydrogen (secondary N) is 1. The van der Waals surface area contributed by atoms with Crippen molar-refractivity contribution >= 4 is 0 Å². The van der Waals surface area contributed by atoms with Gasteiger partial charge in [-0.2, -0.15) is 5.10 Å². The molecule has 2 rings (SSSR count). The Morgan fingerprint density at radius 3 is 3.33 bits per heavy atom. The molecule has 1 aromatic heterocycles. The second kappa shape index (κ2) is 3.69. The maximum Gasteiger partial charge on any atom is 0.0895 e. The molecule has 0 aromatic carbocycles. The molecular weight excluding hydrogens is 154 g/mol. The van der Waals surface area contributed by atoms with Gasteiger partial charge in [-0.25, -0.2) is 0 Å². The number of nitrogens with zero attached hydrogens (tertiary/aromatic N) is 2. The third-order valence-electron chi connectivity index (χ3n) is 1.95. The summed E-state index contributed by atoms with van der Waals surface area (Å²) in [4.78, 5) is 0. The van der Waals surface area contributed by atoms with Crippen molar-refractivity contribution in [2.24, 2.45) is 0 Å². The molecule has 0 radical (unpaired) electrons. The molecule has 0 amide bonds. The molecule has 1 aliphatic heterocycles. The minimum Gasteiger partial charge on any atom is -0.374 e. The lowest BCUT2D eigenvalue weighted by molar-refractivity contribution is 0.0161. The number of aromatic nitrogens is 2. The lowest BCUT2D eigenvalue weighted by atomic mass is 10.3. The number of hydrogen-bond donors (Lipinski definition) is 1. The van der Waals surface area contributed by atoms with Crippen LogP contribution in [0.2, 0.25) is 0 Å². The summed E-state index contributed by atoms with van der Waals surface area (Å²) in [6.07, 6.45) is 4.02. The molecule has 0 unspecified atom stereocenters. The largest absolute Gasteiger partial charge is 0.374 e. The van der Waals surface area contributed by atoms with Gasteiger partial charge < -0.3 is 10.1 Å². The van der Waals surface area contributed by atoms with Crippen LogP contribution in [0.1, 0.15) is 0 Å². The standard InChI is InChI=1S/C8H13N3O/c1-2-10-11(4-1)7-8-6-9-3-5-12-8/h1-2,4,8-9H,3,5-7H2/t8-/m0/s1. The molecule has 1 aromatic rings. The number of rotatable bonds is 2. The van der Waals surface area contributed by atoms with Crippen LogP contribution in [0.3, 0.4) is 0 Å². The minimum atomic E-state index is 0.277. The van der Waals surface area contributed by atoms with E-state index in [-0.39, 0.29) is 6.10 Å². The highest BCUT2D eigenvalue weighted by atomic mass is 16.5. The summed E-state index contributed by atoms with van der Waals surface area (Å²) in [6, 6.07) is 1.93. The molecule has 1 fully saturated rings. The van der Waals surface area contributed by atoms with Crippen LogP contribution in [0.15, 0.2) is 18.5 Å². The van der Waals surface area contributed by atoms with E-state index in [4.69, 9.17) is 4.74 Å². The first-order valence-corrected chi connectivity index (χ1v) is 4.25. The summed E-state index contributed by atoms with van der Waals surface area (Å²) in [7, 11) is 0. The second-order valence-electron chi connectivity index (χ2n) is 2.93. The third-order valence-corrected chi connectivity index (χ3v) is 1.95. The van der Waals surface area contributed by atoms with Gasteiger partial charge in [0.25, 0.3) is 0 Å². The fourth-order valence-electron chi connectivity index (χ4n) is 1.35. The predicted molar refractivity (Wildman–Crippen MR) is 44.8 cm³/mol. The Hall–Kier alpha value is -0.870. The Bertz CT molecular complexity index is 216. The topological polar surface area (TPSA) is 39.1 Å². The van der Waals surface area contributed by atoms with Crippen LogP contribution in [0.5, 0.6) is 0 Å². The molecule has 1 saturated heterocycles. The fraction of sp³-hybridized carbons (Fsp3) is 0.625. The van der Waals surface area contributed by atoms with Crippen LogP contribution in [0.4, 0.5) is 0 Å². The molecular formula is C8H13N3O. The zero-order valence-electron chi connectivity index (χ0n) is 6.94. The molecule has 4 nitrogen and oxygen atoms in total. The molecule has 1 aliphatic rings. The van der Waals surface area contributed by atoms with Crippen LogP contribution in [0.25, 0.3) is 0 Å². The molecule has 2 heterocycles. The first kappa shape index (κ1) is 7.76. The van der Waals surface area contributed by atoms with Gasteiger partial charge in [0.15, 0.2) is 0 Å². The van der Waals surface area contributed by atoms with Crippen molar-refractivity contribution in [2.45, 2.75) is 12.6 Å². The van der Waals surface area contributed by atoms with E-state index >= 15 is 0 Å². The second-order valence-corrected chi connectivity index (χ2v) is 2.93. The predicted octanol–water partition coefficient (Wildman–Crippen LogP) is -0.129. The summed E-state index contributed by atoms with van der Waals surface area (Å²) < 4.78 is 7.43. The van der Waals surface area contributed by atoms with Gasteiger partial charge in [0.2, 0.25) is 0 Å². The van der Waals surface area contributed by atoms with Gasteiger partial charge in [0, 0.05) is 25.5 Å². The van der Waals surface area contributed by atoms with Gasteiger partial charge in [0.05, 0.1) is 19.3 Å². The van der Waals surface area contributed by atoms with Crippen LogP contribution in [-0.4, -0.2) is 35.6 Å². The summed E-state index contributed by atoms with van der Waals surface area (Å²) in [6.45, 7) is 3.56. The van der Waals surface area contributed by atoms with Gasteiger partial charge in [-0.05, 0) is 6.07 Å². The minimum absolute atomic E-state index is 0.277. The highest BCUT2D eigenvalue weighted by Crippen LogP contribution is 1.98. The fourth-order valence-corrected chi connectivity index (χ4v) is 1.35. The summed E-state index contributed by atoms with van der Waals surface area (Å²) in [5.41, 5.74) is 0. The molecule has 0 bridgehead atoms. The van der Waals surface area contributed by atoms with Gasteiger partial charge >= 0.3 is 0 Å². The van der Waals surface area contributed by atoms with Crippen LogP contribution >= 0.6 is 0 Å². The molecule has 12 heavy (non-hydrogen) atoms. The molecule has 0 spiro atoms. The van der Waals surface area contributed by atoms with Gasteiger partial charge in [-0.15, -0.1) is 0 Å². The van der Waals surface area contributed by atoms with E-state index in [1.165, 1.54) is 0 Å². The summed E-state index contributed by atoms with van der Waals surface area (Å²) in [5.74, 6) is 0. The first-order chi connectivity index (χ1) is 5.95. The van der Waals surface area contributed by atoms with Crippen molar-refractivity contribution in [3.05, 3.63) is 18.5 Å². The van der Waals surface area contributed by atoms with Gasteiger partial charge in [0.1, 0.15) is 0 Å². The molecule has 1 atom stereocenters. The summed E-state index contributed by atoms with van der Waals surface area (Å²) in [5, 5.41) is 7.40. The van der Waals surface area contributed by atoms with Crippen molar-refractivity contribution in [3.8, 4) is 0 Å². The lowest BCUT2D eigenvalue weighted by Crippen LogP contribution is -2.40. The maximum absolute atomic E-state index is 5.53. The number of hydrogen-bond acceptors (Lipinski definition) is 3. The Morgan fingerprint density at radius 1 is 1.67 bits per heavy atom. The summed E-state index contributed by atoms with van der Waals surface area (Å²) >= 11 is 0. The Labute approximate surface area is 71.5 Å². The lowest BCUT2D eigenvalue weighted by Gasteiger charge is -2.23. The highest BCUT2D eigenvalue weighted by Gasteiger charge is 2.13. The van der Waals surface area contributed by atoms with E-state index in [1.807, 2.05) is 16.9 Å². The normalized spacial score (nSPS) is 24.2. The van der Waals surface area contributed by atoms with Crippen LogP contribution < -0.4 is 5.32 Å². The van der Waals surface area contributed by atoms with E-state index in [1.54, 1.807) is 6.20 Å². The van der Waals surface area contributed by atoms with E-state index in [0.717, 1.165) is 26.2 Å². The molecule has 4 heteroatoms. The van der Waals surface area contributed by atoms with Crippen molar-refractivity contribution in [1.82, 2.24) is 15.1 Å². The van der Waals surface area contributed by atoms with Gasteiger partial charge in [-0.1, -0.05) is 0 Å². The van der Waals surface area contributed by atoms with Crippen LogP contribution in [-0.2, 0) is 11.3 Å². The Kier molecular flexibility index (Phi) is 2.39. The first-order valence-electron chi connectivity index (χ1n) is 4.25. The molecule has 0 saturated carbocycles. The van der Waals surface area contributed by atoms with Crippen molar-refractivity contribution in [1.29, 1.82) is 0 Å². The highest BCUT2D eigenvalue weighted by molar-refractivity contribution is 4.79. The average molecular weight is 167 g/mol. The van der Waals surface area contributed by atoms with E-state index in [2.05, 4.69) is 10.4 Å². The quantitative estimate of drug-likeness (QED) is 0.667. The van der Waals surface area contributed by atoms with Gasteiger partial charge in [-0.3, -0.25) is 4.68 Å². The van der Waals surface area contributed by atoms with Crippen molar-refractivity contribution in [2.75, 3.05) is 19.7 Å². The number of morpholine rings is 1. The third kappa shape index (κ3) is 1.84. The monoisotopic (exact) mass is 167 g/mol. The van der Waals surface area contributed by atoms with Crippen molar-refractivity contribution in [3.63, 3.8) is 0 Å². The Morgan fingerprint density at radius 2 is 2.67 bits per heavy atom. The smallest absolute Gasteiger partial charge is 0.0895 e. The SMILES string of the molecule is c1cnn(C[C@@H]2CNCCO2)c1. The van der Waals surface area contributed by atoms with E-state index < -0.39 is 0 Å². The van der Waals surface area contributed by atoms with Crippen LogP contribution in [0, 0.1) is 0 Å². The zero-order valence-corrected chi connectivity index (χ0v) is 6.94. The zero-order chi connectivity index (χ0) is 8.23. The molecule has 66 valence electrons. The van der Waals surface area contributed by atoms with E-state index in [0.29, 0.717) is 0 Å². The Balaban J connectivity index is 1.86. The molecule has 1 N–H and O–H groups in total. The maximum atomic E-state index is 5.53. The number of ether oxygens (including phenoxy) is 1. The average Bonchev–Trinajstić information content (AvgIpc) is 2.59.